The molecule has 0 bridgehead atoms. The van der Waals surface area contributed by atoms with Crippen molar-refractivity contribution in [1.82, 2.24) is 10.5 Å². The third-order valence-corrected chi connectivity index (χ3v) is 4.31. The molecule has 1 aromatic heterocycles. The van der Waals surface area contributed by atoms with Crippen LogP contribution in [0.5, 0.6) is 0 Å². The van der Waals surface area contributed by atoms with E-state index in [1.807, 2.05) is 62.4 Å². The number of anilines is 1. The molecular formula is C20H20ClN3O2. The number of aryl methyl sites for hydroxylation is 1. The molecule has 0 aliphatic carbocycles. The van der Waals surface area contributed by atoms with Gasteiger partial charge in [-0.3, -0.25) is 10.1 Å². The minimum atomic E-state index is -0.197. The molecule has 2 aromatic carbocycles. The van der Waals surface area contributed by atoms with Gasteiger partial charge in [-0.25, -0.2) is 0 Å². The number of amides is 1. The Bertz CT molecular complexity index is 873. The minimum Gasteiger partial charge on any atom is -0.338 e. The van der Waals surface area contributed by atoms with Gasteiger partial charge < -0.3 is 9.84 Å². The quantitative estimate of drug-likeness (QED) is 0.666. The van der Waals surface area contributed by atoms with Crippen LogP contribution in [0.4, 0.5) is 5.88 Å². The van der Waals surface area contributed by atoms with Crippen LogP contribution in [0.2, 0.25) is 5.02 Å². The first-order valence-corrected chi connectivity index (χ1v) is 8.71. The van der Waals surface area contributed by atoms with E-state index in [1.54, 1.807) is 6.07 Å². The zero-order valence-electron chi connectivity index (χ0n) is 14.6. The monoisotopic (exact) mass is 369 g/mol. The van der Waals surface area contributed by atoms with E-state index >= 15 is 0 Å². The van der Waals surface area contributed by atoms with Crippen LogP contribution in [-0.2, 0) is 4.79 Å². The Hall–Kier alpha value is -2.63. The van der Waals surface area contributed by atoms with E-state index in [0.717, 1.165) is 11.1 Å². The van der Waals surface area contributed by atoms with Crippen LogP contribution in [-0.4, -0.2) is 17.6 Å². The molecule has 1 atom stereocenters. The second-order valence-corrected chi connectivity index (χ2v) is 6.58. The van der Waals surface area contributed by atoms with Gasteiger partial charge in [0.2, 0.25) is 11.8 Å². The van der Waals surface area contributed by atoms with Crippen molar-refractivity contribution < 1.29 is 9.32 Å². The van der Waals surface area contributed by atoms with E-state index < -0.39 is 0 Å². The summed E-state index contributed by atoms with van der Waals surface area (Å²) in [5, 5.41) is 10.6. The fraction of sp³-hybridized carbons (Fsp3) is 0.200. The fourth-order valence-electron chi connectivity index (χ4n) is 2.49. The SMILES string of the molecule is Cc1ccc(-c2cc(NC(=O)CN[C@H](C)c3ccc(Cl)cc3)on2)cc1. The largest absolute Gasteiger partial charge is 0.338 e. The Morgan fingerprint density at radius 2 is 1.85 bits per heavy atom. The van der Waals surface area contributed by atoms with Crippen LogP contribution >= 0.6 is 11.6 Å². The van der Waals surface area contributed by atoms with Gasteiger partial charge in [0.25, 0.3) is 0 Å². The Kier molecular flexibility index (Phi) is 5.71. The summed E-state index contributed by atoms with van der Waals surface area (Å²) in [6, 6.07) is 17.2. The average molecular weight is 370 g/mol. The standard InChI is InChI=1S/C20H20ClN3O2/c1-13-3-5-16(6-4-13)18-11-20(26-24-18)23-19(25)12-22-14(2)15-7-9-17(21)10-8-15/h3-11,14,22H,12H2,1-2H3,(H,23,25)/t14-/m1/s1. The fourth-order valence-corrected chi connectivity index (χ4v) is 2.62. The lowest BCUT2D eigenvalue weighted by Crippen LogP contribution is -2.30. The number of halogens is 1. The molecule has 1 amide bonds. The molecule has 26 heavy (non-hydrogen) atoms. The van der Waals surface area contributed by atoms with Gasteiger partial charge in [0.15, 0.2) is 0 Å². The van der Waals surface area contributed by atoms with Crippen molar-refractivity contribution >= 4 is 23.4 Å². The van der Waals surface area contributed by atoms with Crippen molar-refractivity contribution in [3.63, 3.8) is 0 Å². The Morgan fingerprint density at radius 1 is 1.15 bits per heavy atom. The molecule has 0 saturated heterocycles. The van der Waals surface area contributed by atoms with Gasteiger partial charge in [-0.1, -0.05) is 58.7 Å². The highest BCUT2D eigenvalue weighted by Crippen LogP contribution is 2.22. The van der Waals surface area contributed by atoms with Crippen molar-refractivity contribution in [3.8, 4) is 11.3 Å². The van der Waals surface area contributed by atoms with E-state index in [0.29, 0.717) is 16.6 Å². The summed E-state index contributed by atoms with van der Waals surface area (Å²) in [5.74, 6) is 0.129. The van der Waals surface area contributed by atoms with Crippen molar-refractivity contribution in [2.75, 3.05) is 11.9 Å². The molecule has 3 aromatic rings. The predicted molar refractivity (Wildman–Crippen MR) is 103 cm³/mol. The zero-order chi connectivity index (χ0) is 18.5. The summed E-state index contributed by atoms with van der Waals surface area (Å²) in [6.07, 6.45) is 0. The second-order valence-electron chi connectivity index (χ2n) is 6.14. The molecule has 134 valence electrons. The Labute approximate surface area is 157 Å². The molecule has 1 heterocycles. The molecule has 6 heteroatoms. The second kappa shape index (κ2) is 8.17. The first-order chi connectivity index (χ1) is 12.5. The van der Waals surface area contributed by atoms with Crippen molar-refractivity contribution in [1.29, 1.82) is 0 Å². The van der Waals surface area contributed by atoms with Crippen LogP contribution in [0.25, 0.3) is 11.3 Å². The van der Waals surface area contributed by atoms with Crippen LogP contribution in [0.15, 0.2) is 59.1 Å². The lowest BCUT2D eigenvalue weighted by Gasteiger charge is -2.13. The number of nitrogens with zero attached hydrogens (tertiary/aromatic N) is 1. The number of aromatic nitrogens is 1. The highest BCUT2D eigenvalue weighted by atomic mass is 35.5. The van der Waals surface area contributed by atoms with E-state index in [4.69, 9.17) is 16.1 Å². The summed E-state index contributed by atoms with van der Waals surface area (Å²) in [6.45, 7) is 4.17. The molecule has 0 aliphatic rings. The van der Waals surface area contributed by atoms with Crippen LogP contribution in [0.3, 0.4) is 0 Å². The van der Waals surface area contributed by atoms with Crippen LogP contribution < -0.4 is 10.6 Å². The number of hydrogen-bond acceptors (Lipinski definition) is 4. The molecule has 0 fully saturated rings. The number of nitrogens with one attached hydrogen (secondary N) is 2. The first-order valence-electron chi connectivity index (χ1n) is 8.34. The molecule has 0 radical (unpaired) electrons. The normalized spacial score (nSPS) is 12.0. The molecule has 3 rings (SSSR count). The molecule has 0 saturated carbocycles. The smallest absolute Gasteiger partial charge is 0.240 e. The summed E-state index contributed by atoms with van der Waals surface area (Å²) in [7, 11) is 0. The van der Waals surface area contributed by atoms with Gasteiger partial charge in [-0.15, -0.1) is 0 Å². The summed E-state index contributed by atoms with van der Waals surface area (Å²) < 4.78 is 5.20. The summed E-state index contributed by atoms with van der Waals surface area (Å²) in [4.78, 5) is 12.1. The maximum absolute atomic E-state index is 12.1. The Balaban J connectivity index is 1.53. The highest BCUT2D eigenvalue weighted by molar-refractivity contribution is 6.30. The van der Waals surface area contributed by atoms with Crippen molar-refractivity contribution in [3.05, 3.63) is 70.7 Å². The first kappa shape index (κ1) is 18.2. The van der Waals surface area contributed by atoms with Crippen LogP contribution in [0.1, 0.15) is 24.1 Å². The van der Waals surface area contributed by atoms with Crippen LogP contribution in [0, 0.1) is 6.92 Å². The third-order valence-electron chi connectivity index (χ3n) is 4.06. The minimum absolute atomic E-state index is 0.0239. The van der Waals surface area contributed by atoms with E-state index in [2.05, 4.69) is 15.8 Å². The summed E-state index contributed by atoms with van der Waals surface area (Å²) in [5.41, 5.74) is 3.85. The van der Waals surface area contributed by atoms with Gasteiger partial charge in [0, 0.05) is 22.7 Å². The predicted octanol–water partition coefficient (Wildman–Crippen LogP) is 4.59. The topological polar surface area (TPSA) is 67.2 Å². The lowest BCUT2D eigenvalue weighted by atomic mass is 10.1. The maximum atomic E-state index is 12.1. The lowest BCUT2D eigenvalue weighted by molar-refractivity contribution is -0.115. The van der Waals surface area contributed by atoms with Gasteiger partial charge >= 0.3 is 0 Å². The van der Waals surface area contributed by atoms with E-state index in [9.17, 15) is 4.79 Å². The number of carbonyl (C=O) groups is 1. The van der Waals surface area contributed by atoms with Gasteiger partial charge in [0.05, 0.1) is 6.54 Å². The molecule has 0 unspecified atom stereocenters. The highest BCUT2D eigenvalue weighted by Gasteiger charge is 2.11. The van der Waals surface area contributed by atoms with Crippen molar-refractivity contribution in [2.24, 2.45) is 0 Å². The number of carbonyl (C=O) groups excluding carboxylic acids is 1. The summed E-state index contributed by atoms with van der Waals surface area (Å²) >= 11 is 5.89. The molecule has 5 nitrogen and oxygen atoms in total. The zero-order valence-corrected chi connectivity index (χ0v) is 15.4. The Morgan fingerprint density at radius 3 is 2.54 bits per heavy atom. The van der Waals surface area contributed by atoms with E-state index in [1.165, 1.54) is 5.56 Å². The molecule has 2 N–H and O–H groups in total. The number of rotatable bonds is 6. The third kappa shape index (κ3) is 4.71. The average Bonchev–Trinajstić information content (AvgIpc) is 3.09. The maximum Gasteiger partial charge on any atom is 0.240 e. The van der Waals surface area contributed by atoms with Crippen molar-refractivity contribution in [2.45, 2.75) is 19.9 Å². The van der Waals surface area contributed by atoms with Gasteiger partial charge in [0.1, 0.15) is 5.69 Å². The number of benzene rings is 2. The van der Waals surface area contributed by atoms with Gasteiger partial charge in [-0.05, 0) is 31.5 Å². The molecular weight excluding hydrogens is 350 g/mol. The number of hydrogen-bond donors (Lipinski definition) is 2. The van der Waals surface area contributed by atoms with Gasteiger partial charge in [-0.2, -0.15) is 0 Å². The molecule has 0 aliphatic heterocycles. The van der Waals surface area contributed by atoms with E-state index in [-0.39, 0.29) is 18.5 Å². The molecule has 0 spiro atoms.